The highest BCUT2D eigenvalue weighted by Crippen LogP contribution is 2.23. The molecule has 28 heavy (non-hydrogen) atoms. The third kappa shape index (κ3) is 4.39. The van der Waals surface area contributed by atoms with E-state index in [-0.39, 0.29) is 11.6 Å². The minimum Gasteiger partial charge on any atom is -0.508 e. The van der Waals surface area contributed by atoms with Gasteiger partial charge >= 0.3 is 0 Å². The number of phenols is 1. The van der Waals surface area contributed by atoms with Gasteiger partial charge in [-0.3, -0.25) is 4.99 Å². The molecule has 2 aromatic carbocycles. The molecule has 0 unspecified atom stereocenters. The normalized spacial score (nSPS) is 16.1. The number of halogens is 1. The molecule has 1 saturated carbocycles. The lowest BCUT2D eigenvalue weighted by Crippen LogP contribution is -2.19. The van der Waals surface area contributed by atoms with Crippen LogP contribution in [0.4, 0.5) is 4.39 Å². The van der Waals surface area contributed by atoms with E-state index in [0.29, 0.717) is 6.04 Å². The molecule has 1 N–H and O–H groups in total. The van der Waals surface area contributed by atoms with Crippen molar-refractivity contribution in [3.05, 3.63) is 70.1 Å². The summed E-state index contributed by atoms with van der Waals surface area (Å²) in [5.74, 6) is -0.0638. The number of benzene rings is 2. The van der Waals surface area contributed by atoms with Crippen molar-refractivity contribution < 1.29 is 9.50 Å². The average molecular weight is 396 g/mol. The van der Waals surface area contributed by atoms with Crippen LogP contribution in [0.5, 0.6) is 5.75 Å². The Hall–Kier alpha value is -2.73. The number of thiazole rings is 1. The molecule has 6 heteroatoms. The number of aromatic hydroxyl groups is 1. The molecule has 0 bridgehead atoms. The van der Waals surface area contributed by atoms with E-state index in [9.17, 15) is 9.50 Å². The van der Waals surface area contributed by atoms with Crippen LogP contribution >= 0.6 is 11.3 Å². The van der Waals surface area contributed by atoms with Crippen molar-refractivity contribution in [2.45, 2.75) is 38.1 Å². The predicted molar refractivity (Wildman–Crippen MR) is 111 cm³/mol. The summed E-state index contributed by atoms with van der Waals surface area (Å²) in [7, 11) is 0. The average Bonchev–Trinajstić information content (AvgIpc) is 3.10. The molecule has 0 amide bonds. The maximum absolute atomic E-state index is 13.3. The van der Waals surface area contributed by atoms with Gasteiger partial charge in [0.15, 0.2) is 0 Å². The molecule has 1 aromatic heterocycles. The number of phenolic OH excluding ortho intramolecular Hbond substituents is 1. The summed E-state index contributed by atoms with van der Waals surface area (Å²) in [6, 6.07) is 13.7. The maximum atomic E-state index is 13.3. The maximum Gasteiger partial charge on any atom is 0.206 e. The Morgan fingerprint density at radius 1 is 1.07 bits per heavy atom. The van der Waals surface area contributed by atoms with Crippen molar-refractivity contribution in [1.29, 1.82) is 0 Å². The first-order valence-electron chi connectivity index (χ1n) is 9.53. The smallest absolute Gasteiger partial charge is 0.206 e. The van der Waals surface area contributed by atoms with E-state index in [2.05, 4.69) is 5.10 Å². The van der Waals surface area contributed by atoms with Crippen LogP contribution in [-0.2, 0) is 0 Å². The van der Waals surface area contributed by atoms with Gasteiger partial charge in [-0.25, -0.2) is 9.07 Å². The molecule has 0 aliphatic heterocycles. The molecule has 0 atom stereocenters. The summed E-state index contributed by atoms with van der Waals surface area (Å²) in [6.07, 6.45) is 7.65. The summed E-state index contributed by atoms with van der Waals surface area (Å²) < 4.78 is 15.2. The highest BCUT2D eigenvalue weighted by Gasteiger charge is 2.14. The number of hydrogen-bond acceptors (Lipinski definition) is 4. The summed E-state index contributed by atoms with van der Waals surface area (Å²) >= 11 is 1.55. The van der Waals surface area contributed by atoms with Gasteiger partial charge in [-0.15, -0.1) is 11.3 Å². The van der Waals surface area contributed by atoms with Crippen LogP contribution in [0.25, 0.3) is 11.3 Å². The van der Waals surface area contributed by atoms with Crippen LogP contribution in [0.15, 0.2) is 64.0 Å². The summed E-state index contributed by atoms with van der Waals surface area (Å²) in [5, 5.41) is 16.3. The standard InChI is InChI=1S/C22H22FN3OS/c23-18-11-9-17(10-12-18)21-15-28-22(25-19-6-2-1-3-7-19)26(21)24-14-16-5-4-8-20(27)13-16/h4-5,8-15,19,27H,1-3,6-7H2. The van der Waals surface area contributed by atoms with Crippen LogP contribution in [0, 0.1) is 5.82 Å². The van der Waals surface area contributed by atoms with E-state index in [0.717, 1.165) is 34.5 Å². The Kier molecular flexibility index (Phi) is 5.67. The van der Waals surface area contributed by atoms with Crippen LogP contribution in [0.3, 0.4) is 0 Å². The van der Waals surface area contributed by atoms with Crippen LogP contribution < -0.4 is 4.80 Å². The Balaban J connectivity index is 1.76. The molecule has 1 heterocycles. The van der Waals surface area contributed by atoms with Gasteiger partial charge in [-0.05, 0) is 54.8 Å². The lowest BCUT2D eigenvalue weighted by Gasteiger charge is -2.16. The van der Waals surface area contributed by atoms with Gasteiger partial charge in [0, 0.05) is 10.9 Å². The highest BCUT2D eigenvalue weighted by atomic mass is 32.1. The Morgan fingerprint density at radius 3 is 2.61 bits per heavy atom. The minimum atomic E-state index is -0.263. The van der Waals surface area contributed by atoms with Crippen molar-refractivity contribution in [1.82, 2.24) is 4.68 Å². The lowest BCUT2D eigenvalue weighted by molar-refractivity contribution is 0.435. The van der Waals surface area contributed by atoms with E-state index >= 15 is 0 Å². The van der Waals surface area contributed by atoms with Crippen molar-refractivity contribution >= 4 is 17.6 Å². The predicted octanol–water partition coefficient (Wildman–Crippen LogP) is 5.18. The van der Waals surface area contributed by atoms with E-state index in [1.807, 2.05) is 16.1 Å². The molecule has 4 rings (SSSR count). The Labute approximate surface area is 167 Å². The SMILES string of the molecule is Oc1cccc(C=Nn2c(-c3ccc(F)cc3)csc2=NC2CCCCC2)c1. The molecule has 144 valence electrons. The van der Waals surface area contributed by atoms with E-state index in [1.165, 1.54) is 31.4 Å². The second kappa shape index (κ2) is 8.52. The minimum absolute atomic E-state index is 0.199. The molecule has 0 saturated heterocycles. The molecular formula is C22H22FN3OS. The second-order valence-corrected chi connectivity index (χ2v) is 7.82. The molecule has 3 aromatic rings. The van der Waals surface area contributed by atoms with Gasteiger partial charge in [0.2, 0.25) is 4.80 Å². The summed E-state index contributed by atoms with van der Waals surface area (Å²) in [4.78, 5) is 5.79. The van der Waals surface area contributed by atoms with Gasteiger partial charge in [0.05, 0.1) is 18.0 Å². The first-order valence-corrected chi connectivity index (χ1v) is 10.4. The largest absolute Gasteiger partial charge is 0.508 e. The summed E-state index contributed by atoms with van der Waals surface area (Å²) in [5.41, 5.74) is 2.55. The molecular weight excluding hydrogens is 373 g/mol. The van der Waals surface area contributed by atoms with E-state index in [1.54, 1.807) is 47.9 Å². The van der Waals surface area contributed by atoms with Gasteiger partial charge in [-0.2, -0.15) is 5.10 Å². The second-order valence-electron chi connectivity index (χ2n) is 6.98. The third-order valence-electron chi connectivity index (χ3n) is 4.89. The zero-order chi connectivity index (χ0) is 19.3. The Morgan fingerprint density at radius 2 is 1.86 bits per heavy atom. The quantitative estimate of drug-likeness (QED) is 0.608. The van der Waals surface area contributed by atoms with Gasteiger partial charge in [-0.1, -0.05) is 31.4 Å². The fourth-order valence-electron chi connectivity index (χ4n) is 3.41. The van der Waals surface area contributed by atoms with Crippen LogP contribution in [-0.4, -0.2) is 22.0 Å². The first-order chi connectivity index (χ1) is 13.7. The van der Waals surface area contributed by atoms with Gasteiger partial charge < -0.3 is 5.11 Å². The van der Waals surface area contributed by atoms with Gasteiger partial charge in [0.25, 0.3) is 0 Å². The monoisotopic (exact) mass is 395 g/mol. The molecule has 0 spiro atoms. The number of hydrogen-bond donors (Lipinski definition) is 1. The zero-order valence-electron chi connectivity index (χ0n) is 15.5. The summed E-state index contributed by atoms with van der Waals surface area (Å²) in [6.45, 7) is 0. The molecule has 1 aliphatic rings. The van der Waals surface area contributed by atoms with Crippen LogP contribution in [0.2, 0.25) is 0 Å². The molecule has 1 fully saturated rings. The number of nitrogens with zero attached hydrogens (tertiary/aromatic N) is 3. The van der Waals surface area contributed by atoms with E-state index in [4.69, 9.17) is 4.99 Å². The fraction of sp³-hybridized carbons (Fsp3) is 0.273. The molecule has 4 nitrogen and oxygen atoms in total. The van der Waals surface area contributed by atoms with Crippen molar-refractivity contribution in [3.8, 4) is 17.0 Å². The van der Waals surface area contributed by atoms with Crippen molar-refractivity contribution in [3.63, 3.8) is 0 Å². The van der Waals surface area contributed by atoms with Crippen molar-refractivity contribution in [2.24, 2.45) is 10.1 Å². The molecule has 0 radical (unpaired) electrons. The number of aromatic nitrogens is 1. The Bertz CT molecular complexity index is 1030. The highest BCUT2D eigenvalue weighted by molar-refractivity contribution is 7.07. The number of rotatable bonds is 4. The van der Waals surface area contributed by atoms with E-state index < -0.39 is 0 Å². The fourth-order valence-corrected chi connectivity index (χ4v) is 4.32. The van der Waals surface area contributed by atoms with Crippen LogP contribution in [0.1, 0.15) is 37.7 Å². The topological polar surface area (TPSA) is 49.9 Å². The zero-order valence-corrected chi connectivity index (χ0v) is 16.3. The lowest BCUT2D eigenvalue weighted by atomic mass is 9.96. The van der Waals surface area contributed by atoms with Gasteiger partial charge in [0.1, 0.15) is 11.6 Å². The molecule has 1 aliphatic carbocycles. The first kappa shape index (κ1) is 18.6. The third-order valence-corrected chi connectivity index (χ3v) is 5.72. The van der Waals surface area contributed by atoms with Crippen molar-refractivity contribution in [2.75, 3.05) is 0 Å².